The number of likely N-dealkylation sites (tertiary alicyclic amines) is 1. The first-order valence-corrected chi connectivity index (χ1v) is 7.87. The second-order valence-corrected chi connectivity index (χ2v) is 5.79. The number of hydrogen-bond acceptors (Lipinski definition) is 3. The van der Waals surface area contributed by atoms with Crippen LogP contribution in [0, 0.1) is 11.8 Å². The van der Waals surface area contributed by atoms with Gasteiger partial charge in [-0.2, -0.15) is 0 Å². The minimum atomic E-state index is 0. The summed E-state index contributed by atoms with van der Waals surface area (Å²) in [5.41, 5.74) is 0. The smallest absolute Gasteiger partial charge is 0.193 e. The quantitative estimate of drug-likeness (QED) is 0.314. The molecule has 0 bridgehead atoms. The van der Waals surface area contributed by atoms with Crippen LogP contribution in [-0.4, -0.2) is 64.5 Å². The topological polar surface area (TPSA) is 46.1 Å². The van der Waals surface area contributed by atoms with Crippen LogP contribution in [0.1, 0.15) is 25.7 Å². The third-order valence-corrected chi connectivity index (χ3v) is 4.45. The summed E-state index contributed by atoms with van der Waals surface area (Å²) in [6.07, 6.45) is 5.62. The van der Waals surface area contributed by atoms with Crippen molar-refractivity contribution in [2.45, 2.75) is 25.7 Å². The lowest BCUT2D eigenvalue weighted by Gasteiger charge is -2.22. The van der Waals surface area contributed by atoms with Gasteiger partial charge in [-0.1, -0.05) is 12.8 Å². The number of guanidine groups is 1. The number of rotatable bonds is 6. The van der Waals surface area contributed by atoms with E-state index in [1.165, 1.54) is 38.8 Å². The zero-order valence-corrected chi connectivity index (χ0v) is 15.7. The first-order valence-electron chi connectivity index (χ1n) is 7.87. The van der Waals surface area contributed by atoms with Crippen molar-refractivity contribution in [1.29, 1.82) is 0 Å². The van der Waals surface area contributed by atoms with Crippen molar-refractivity contribution in [3.63, 3.8) is 0 Å². The van der Waals surface area contributed by atoms with Gasteiger partial charge in [0.15, 0.2) is 5.96 Å². The van der Waals surface area contributed by atoms with E-state index >= 15 is 0 Å². The average molecular weight is 411 g/mol. The third-order valence-electron chi connectivity index (χ3n) is 4.45. The van der Waals surface area contributed by atoms with E-state index in [1.807, 2.05) is 7.05 Å². The number of fused-ring (bicyclic) bond motifs is 1. The maximum Gasteiger partial charge on any atom is 0.193 e. The summed E-state index contributed by atoms with van der Waals surface area (Å²) < 4.78 is 10.4. The van der Waals surface area contributed by atoms with Gasteiger partial charge in [0.25, 0.3) is 0 Å². The monoisotopic (exact) mass is 411 g/mol. The fourth-order valence-corrected chi connectivity index (χ4v) is 3.39. The summed E-state index contributed by atoms with van der Waals surface area (Å²) in [5, 5.41) is 3.41. The predicted octanol–water partition coefficient (Wildman–Crippen LogP) is 1.96. The highest BCUT2D eigenvalue weighted by Crippen LogP contribution is 2.35. The minimum absolute atomic E-state index is 0. The maximum atomic E-state index is 5.47. The van der Waals surface area contributed by atoms with Crippen LogP contribution in [0.15, 0.2) is 4.99 Å². The first kappa shape index (κ1) is 19.0. The fourth-order valence-electron chi connectivity index (χ4n) is 3.39. The third kappa shape index (κ3) is 5.90. The van der Waals surface area contributed by atoms with Crippen LogP contribution in [0.25, 0.3) is 0 Å². The van der Waals surface area contributed by atoms with Gasteiger partial charge >= 0.3 is 0 Å². The van der Waals surface area contributed by atoms with E-state index in [0.29, 0.717) is 19.8 Å². The molecule has 5 nitrogen and oxygen atoms in total. The number of nitrogens with one attached hydrogen (secondary N) is 1. The molecule has 6 heteroatoms. The Hall–Kier alpha value is -0.0800. The molecule has 2 unspecified atom stereocenters. The highest BCUT2D eigenvalue weighted by atomic mass is 127. The molecule has 2 rings (SSSR count). The lowest BCUT2D eigenvalue weighted by molar-refractivity contribution is 0.0731. The molecule has 0 radical (unpaired) electrons. The minimum Gasteiger partial charge on any atom is -0.382 e. The van der Waals surface area contributed by atoms with Crippen molar-refractivity contribution in [3.05, 3.63) is 0 Å². The first-order chi connectivity index (χ1) is 9.85. The Balaban J connectivity index is 0.00000220. The van der Waals surface area contributed by atoms with E-state index in [2.05, 4.69) is 15.2 Å². The van der Waals surface area contributed by atoms with Crippen molar-refractivity contribution in [1.82, 2.24) is 10.2 Å². The normalized spacial score (nSPS) is 25.4. The van der Waals surface area contributed by atoms with Crippen molar-refractivity contribution < 1.29 is 9.47 Å². The Morgan fingerprint density at radius 2 is 1.81 bits per heavy atom. The molecule has 0 aromatic rings. The molecule has 2 atom stereocenters. The molecule has 2 fully saturated rings. The van der Waals surface area contributed by atoms with Gasteiger partial charge in [-0.15, -0.1) is 24.0 Å². The highest BCUT2D eigenvalue weighted by Gasteiger charge is 2.35. The molecular weight excluding hydrogens is 381 g/mol. The van der Waals surface area contributed by atoms with E-state index in [1.54, 1.807) is 7.11 Å². The Bertz CT molecular complexity index is 301. The Labute approximate surface area is 145 Å². The summed E-state index contributed by atoms with van der Waals surface area (Å²) >= 11 is 0. The van der Waals surface area contributed by atoms with Crippen LogP contribution in [0.4, 0.5) is 0 Å². The van der Waals surface area contributed by atoms with Crippen molar-refractivity contribution in [2.75, 3.05) is 53.6 Å². The Kier molecular flexibility index (Phi) is 9.59. The van der Waals surface area contributed by atoms with Gasteiger partial charge in [0.05, 0.1) is 19.8 Å². The van der Waals surface area contributed by atoms with Gasteiger partial charge in [0, 0.05) is 33.8 Å². The van der Waals surface area contributed by atoms with Gasteiger partial charge in [-0.25, -0.2) is 0 Å². The summed E-state index contributed by atoms with van der Waals surface area (Å²) in [6, 6.07) is 0. The van der Waals surface area contributed by atoms with E-state index in [0.717, 1.165) is 24.3 Å². The number of aliphatic imine (C=N–C) groups is 1. The van der Waals surface area contributed by atoms with E-state index in [-0.39, 0.29) is 24.0 Å². The molecule has 2 aliphatic rings. The fraction of sp³-hybridized carbons (Fsp3) is 0.933. The van der Waals surface area contributed by atoms with Gasteiger partial charge in [-0.05, 0) is 24.7 Å². The van der Waals surface area contributed by atoms with E-state index in [4.69, 9.17) is 9.47 Å². The molecular formula is C15H30IN3O2. The molecule has 1 aliphatic heterocycles. The van der Waals surface area contributed by atoms with E-state index < -0.39 is 0 Å². The van der Waals surface area contributed by atoms with Crippen molar-refractivity contribution in [3.8, 4) is 0 Å². The van der Waals surface area contributed by atoms with Gasteiger partial charge in [0.2, 0.25) is 0 Å². The molecule has 124 valence electrons. The zero-order valence-electron chi connectivity index (χ0n) is 13.3. The molecule has 21 heavy (non-hydrogen) atoms. The SMILES string of the molecule is CN=C(NCCOCCOC)N1CC2CCCCC2C1.I. The molecule has 0 amide bonds. The van der Waals surface area contributed by atoms with Crippen LogP contribution in [0.2, 0.25) is 0 Å². The van der Waals surface area contributed by atoms with Crippen LogP contribution >= 0.6 is 24.0 Å². The lowest BCUT2D eigenvalue weighted by Crippen LogP contribution is -2.41. The molecule has 0 aromatic heterocycles. The van der Waals surface area contributed by atoms with Crippen molar-refractivity contribution in [2.24, 2.45) is 16.8 Å². The highest BCUT2D eigenvalue weighted by molar-refractivity contribution is 14.0. The van der Waals surface area contributed by atoms with Crippen LogP contribution < -0.4 is 5.32 Å². The molecule has 1 saturated heterocycles. The van der Waals surface area contributed by atoms with Gasteiger partial charge in [0.1, 0.15) is 0 Å². The second-order valence-electron chi connectivity index (χ2n) is 5.79. The lowest BCUT2D eigenvalue weighted by atomic mass is 9.82. The summed E-state index contributed by atoms with van der Waals surface area (Å²) in [5.74, 6) is 2.82. The van der Waals surface area contributed by atoms with Crippen LogP contribution in [0.5, 0.6) is 0 Å². The molecule has 1 N–H and O–H groups in total. The number of halogens is 1. The average Bonchev–Trinajstić information content (AvgIpc) is 2.90. The Morgan fingerprint density at radius 3 is 2.38 bits per heavy atom. The maximum absolute atomic E-state index is 5.47. The standard InChI is InChI=1S/C15H29N3O2.HI/c1-16-15(17-7-8-20-10-9-19-2)18-11-13-5-3-4-6-14(13)12-18;/h13-14H,3-12H2,1-2H3,(H,16,17);1H. The number of nitrogens with zero attached hydrogens (tertiary/aromatic N) is 2. The second kappa shape index (κ2) is 10.6. The number of ether oxygens (including phenoxy) is 2. The van der Waals surface area contributed by atoms with Crippen molar-refractivity contribution >= 4 is 29.9 Å². The molecule has 0 aromatic carbocycles. The molecule has 1 heterocycles. The summed E-state index contributed by atoms with van der Waals surface area (Å²) in [6.45, 7) is 5.17. The van der Waals surface area contributed by atoms with Crippen LogP contribution in [0.3, 0.4) is 0 Å². The number of methoxy groups -OCH3 is 1. The summed E-state index contributed by atoms with van der Waals surface area (Å²) in [7, 11) is 3.56. The largest absolute Gasteiger partial charge is 0.382 e. The Morgan fingerprint density at radius 1 is 1.14 bits per heavy atom. The van der Waals surface area contributed by atoms with Gasteiger partial charge in [-0.3, -0.25) is 4.99 Å². The van der Waals surface area contributed by atoms with Gasteiger partial charge < -0.3 is 19.7 Å². The van der Waals surface area contributed by atoms with Crippen LogP contribution in [-0.2, 0) is 9.47 Å². The molecule has 1 saturated carbocycles. The molecule has 0 spiro atoms. The van der Waals surface area contributed by atoms with E-state index in [9.17, 15) is 0 Å². The zero-order chi connectivity index (χ0) is 14.2. The molecule has 1 aliphatic carbocycles. The predicted molar refractivity (Wildman–Crippen MR) is 96.5 cm³/mol. The summed E-state index contributed by atoms with van der Waals surface area (Å²) in [4.78, 5) is 6.84. The number of hydrogen-bond donors (Lipinski definition) is 1.